The minimum Gasteiger partial charge on any atom is -0.354 e. The summed E-state index contributed by atoms with van der Waals surface area (Å²) in [6, 6.07) is 12.5. The molecule has 0 fully saturated rings. The Morgan fingerprint density at radius 3 is 2.50 bits per heavy atom. The van der Waals surface area contributed by atoms with E-state index in [2.05, 4.69) is 46.1 Å². The fourth-order valence-corrected chi connectivity index (χ4v) is 3.23. The van der Waals surface area contributed by atoms with Crippen LogP contribution in [0.4, 0.5) is 0 Å². The van der Waals surface area contributed by atoms with Crippen LogP contribution in [0.3, 0.4) is 0 Å². The lowest BCUT2D eigenvalue weighted by atomic mass is 9.97. The highest BCUT2D eigenvalue weighted by Crippen LogP contribution is 2.21. The molecule has 1 amide bonds. The Bertz CT molecular complexity index is 566. The standard InChI is InChI=1S/C18H24N2OS/c1-14(15-7-5-4-6-8-15)11-18(21)19-12-17(20(2)3)16-9-10-22-13-16/h4-10,13-14,17H,11-12H2,1-3H3,(H,19,21). The van der Waals surface area contributed by atoms with Crippen LogP contribution in [-0.2, 0) is 4.79 Å². The Morgan fingerprint density at radius 1 is 1.18 bits per heavy atom. The van der Waals surface area contributed by atoms with Crippen LogP contribution in [0.2, 0.25) is 0 Å². The van der Waals surface area contributed by atoms with Crippen molar-refractivity contribution >= 4 is 17.2 Å². The normalized spacial score (nSPS) is 13.8. The van der Waals surface area contributed by atoms with E-state index in [0.717, 1.165) is 0 Å². The summed E-state index contributed by atoms with van der Waals surface area (Å²) < 4.78 is 0. The van der Waals surface area contributed by atoms with Gasteiger partial charge in [-0.3, -0.25) is 4.79 Å². The van der Waals surface area contributed by atoms with Gasteiger partial charge in [0.05, 0.1) is 6.04 Å². The Hall–Kier alpha value is -1.65. The lowest BCUT2D eigenvalue weighted by Gasteiger charge is -2.24. The van der Waals surface area contributed by atoms with Crippen molar-refractivity contribution in [1.82, 2.24) is 10.2 Å². The molecule has 2 unspecified atom stereocenters. The molecule has 1 aromatic carbocycles. The molecule has 0 spiro atoms. The molecule has 2 rings (SSSR count). The highest BCUT2D eigenvalue weighted by Gasteiger charge is 2.17. The second kappa shape index (κ2) is 8.11. The number of carbonyl (C=O) groups is 1. The predicted molar refractivity (Wildman–Crippen MR) is 93.2 cm³/mol. The van der Waals surface area contributed by atoms with E-state index in [1.54, 1.807) is 11.3 Å². The van der Waals surface area contributed by atoms with Crippen LogP contribution in [0.15, 0.2) is 47.2 Å². The van der Waals surface area contributed by atoms with Gasteiger partial charge in [-0.05, 0) is 48.0 Å². The van der Waals surface area contributed by atoms with Gasteiger partial charge in [-0.2, -0.15) is 11.3 Å². The van der Waals surface area contributed by atoms with Gasteiger partial charge < -0.3 is 10.2 Å². The Kier molecular flexibility index (Phi) is 6.16. The first kappa shape index (κ1) is 16.7. The maximum absolute atomic E-state index is 12.2. The van der Waals surface area contributed by atoms with Crippen molar-refractivity contribution in [3.63, 3.8) is 0 Å². The number of thiophene rings is 1. The number of benzene rings is 1. The van der Waals surface area contributed by atoms with Gasteiger partial charge in [-0.25, -0.2) is 0 Å². The molecule has 3 nitrogen and oxygen atoms in total. The summed E-state index contributed by atoms with van der Waals surface area (Å²) in [6.45, 7) is 2.74. The molecular formula is C18H24N2OS. The summed E-state index contributed by atoms with van der Waals surface area (Å²) in [4.78, 5) is 14.3. The van der Waals surface area contributed by atoms with Crippen molar-refractivity contribution in [2.45, 2.75) is 25.3 Å². The van der Waals surface area contributed by atoms with Crippen molar-refractivity contribution in [3.05, 3.63) is 58.3 Å². The predicted octanol–water partition coefficient (Wildman–Crippen LogP) is 3.66. The summed E-state index contributed by atoms with van der Waals surface area (Å²) in [7, 11) is 4.09. The molecule has 1 heterocycles. The molecule has 0 saturated heterocycles. The third-order valence-electron chi connectivity index (χ3n) is 3.90. The van der Waals surface area contributed by atoms with Crippen LogP contribution < -0.4 is 5.32 Å². The first-order valence-electron chi connectivity index (χ1n) is 7.58. The van der Waals surface area contributed by atoms with Crippen molar-refractivity contribution in [2.24, 2.45) is 0 Å². The van der Waals surface area contributed by atoms with E-state index in [4.69, 9.17) is 0 Å². The summed E-state index contributed by atoms with van der Waals surface area (Å²) in [5.41, 5.74) is 2.46. The fourth-order valence-electron chi connectivity index (χ4n) is 2.52. The quantitative estimate of drug-likeness (QED) is 0.845. The van der Waals surface area contributed by atoms with E-state index in [1.807, 2.05) is 32.3 Å². The van der Waals surface area contributed by atoms with Gasteiger partial charge >= 0.3 is 0 Å². The molecule has 0 aliphatic heterocycles. The first-order chi connectivity index (χ1) is 10.6. The minimum absolute atomic E-state index is 0.110. The monoisotopic (exact) mass is 316 g/mol. The van der Waals surface area contributed by atoms with Crippen LogP contribution in [0.25, 0.3) is 0 Å². The lowest BCUT2D eigenvalue weighted by molar-refractivity contribution is -0.121. The van der Waals surface area contributed by atoms with Crippen LogP contribution in [-0.4, -0.2) is 31.4 Å². The summed E-state index contributed by atoms with van der Waals surface area (Å²) in [6.07, 6.45) is 0.522. The number of likely N-dealkylation sites (N-methyl/N-ethyl adjacent to an activating group) is 1. The van der Waals surface area contributed by atoms with Gasteiger partial charge in [0.15, 0.2) is 0 Å². The summed E-state index contributed by atoms with van der Waals surface area (Å²) >= 11 is 1.69. The maximum Gasteiger partial charge on any atom is 0.220 e. The van der Waals surface area contributed by atoms with E-state index in [9.17, 15) is 4.79 Å². The number of nitrogens with zero attached hydrogens (tertiary/aromatic N) is 1. The number of rotatable bonds is 7. The van der Waals surface area contributed by atoms with Gasteiger partial charge in [0.2, 0.25) is 5.91 Å². The van der Waals surface area contributed by atoms with Gasteiger partial charge in [0.25, 0.3) is 0 Å². The molecule has 0 saturated carbocycles. The van der Waals surface area contributed by atoms with E-state index < -0.39 is 0 Å². The van der Waals surface area contributed by atoms with Crippen LogP contribution in [0.1, 0.15) is 36.4 Å². The molecular weight excluding hydrogens is 292 g/mol. The van der Waals surface area contributed by atoms with Crippen molar-refractivity contribution in [1.29, 1.82) is 0 Å². The second-order valence-corrected chi connectivity index (χ2v) is 6.64. The maximum atomic E-state index is 12.2. The third kappa shape index (κ3) is 4.68. The Labute approximate surface area is 137 Å². The molecule has 0 aliphatic rings. The summed E-state index contributed by atoms with van der Waals surface area (Å²) in [5.74, 6) is 0.346. The molecule has 4 heteroatoms. The molecule has 0 aliphatic carbocycles. The molecule has 2 aromatic rings. The first-order valence-corrected chi connectivity index (χ1v) is 8.52. The van der Waals surface area contributed by atoms with E-state index in [1.165, 1.54) is 11.1 Å². The minimum atomic E-state index is 0.110. The smallest absolute Gasteiger partial charge is 0.220 e. The molecule has 0 bridgehead atoms. The van der Waals surface area contributed by atoms with E-state index >= 15 is 0 Å². The Morgan fingerprint density at radius 2 is 1.91 bits per heavy atom. The number of hydrogen-bond donors (Lipinski definition) is 1. The highest BCUT2D eigenvalue weighted by atomic mass is 32.1. The SMILES string of the molecule is CC(CC(=O)NCC(c1ccsc1)N(C)C)c1ccccc1. The number of amides is 1. The molecule has 0 radical (unpaired) electrons. The largest absolute Gasteiger partial charge is 0.354 e. The molecule has 22 heavy (non-hydrogen) atoms. The van der Waals surface area contributed by atoms with Crippen molar-refractivity contribution in [2.75, 3.05) is 20.6 Å². The Balaban J connectivity index is 1.86. The zero-order valence-corrected chi connectivity index (χ0v) is 14.3. The van der Waals surface area contributed by atoms with Crippen molar-refractivity contribution < 1.29 is 4.79 Å². The van der Waals surface area contributed by atoms with Crippen LogP contribution >= 0.6 is 11.3 Å². The van der Waals surface area contributed by atoms with Crippen molar-refractivity contribution in [3.8, 4) is 0 Å². The fraction of sp³-hybridized carbons (Fsp3) is 0.389. The van der Waals surface area contributed by atoms with Gasteiger partial charge in [-0.1, -0.05) is 37.3 Å². The topological polar surface area (TPSA) is 32.3 Å². The van der Waals surface area contributed by atoms with E-state index in [-0.39, 0.29) is 17.9 Å². The number of nitrogens with one attached hydrogen (secondary N) is 1. The molecule has 2 atom stereocenters. The highest BCUT2D eigenvalue weighted by molar-refractivity contribution is 7.07. The molecule has 1 N–H and O–H groups in total. The molecule has 1 aromatic heterocycles. The lowest BCUT2D eigenvalue weighted by Crippen LogP contribution is -2.34. The number of carbonyl (C=O) groups excluding carboxylic acids is 1. The average molecular weight is 316 g/mol. The number of hydrogen-bond acceptors (Lipinski definition) is 3. The van der Waals surface area contributed by atoms with Gasteiger partial charge in [-0.15, -0.1) is 0 Å². The zero-order chi connectivity index (χ0) is 15.9. The van der Waals surface area contributed by atoms with Gasteiger partial charge in [0.1, 0.15) is 0 Å². The third-order valence-corrected chi connectivity index (χ3v) is 4.61. The van der Waals surface area contributed by atoms with Crippen LogP contribution in [0, 0.1) is 0 Å². The van der Waals surface area contributed by atoms with E-state index in [0.29, 0.717) is 13.0 Å². The van der Waals surface area contributed by atoms with Crippen LogP contribution in [0.5, 0.6) is 0 Å². The molecule has 118 valence electrons. The summed E-state index contributed by atoms with van der Waals surface area (Å²) in [5, 5.41) is 7.29. The average Bonchev–Trinajstić information content (AvgIpc) is 3.02. The van der Waals surface area contributed by atoms with Gasteiger partial charge in [0, 0.05) is 13.0 Å². The second-order valence-electron chi connectivity index (χ2n) is 5.86. The zero-order valence-electron chi connectivity index (χ0n) is 13.5.